The number of halogens is 1. The van der Waals surface area contributed by atoms with E-state index in [1.807, 2.05) is 48.5 Å². The zero-order chi connectivity index (χ0) is 28.9. The monoisotopic (exact) mass is 567 g/mol. The average Bonchev–Trinajstić information content (AvgIpc) is 3.01. The van der Waals surface area contributed by atoms with E-state index >= 15 is 0 Å². The largest absolute Gasteiger partial charge is 0.497 e. The van der Waals surface area contributed by atoms with Gasteiger partial charge in [0.15, 0.2) is 6.61 Å². The molecule has 0 aliphatic heterocycles. The quantitative estimate of drug-likeness (QED) is 0.207. The molecule has 8 nitrogen and oxygen atoms in total. The number of esters is 1. The van der Waals surface area contributed by atoms with Gasteiger partial charge in [-0.05, 0) is 91.3 Å². The molecule has 0 radical (unpaired) electrons. The van der Waals surface area contributed by atoms with Crippen LogP contribution in [0.3, 0.4) is 0 Å². The van der Waals surface area contributed by atoms with Crippen LogP contribution in [0, 0.1) is 6.92 Å². The molecule has 41 heavy (non-hydrogen) atoms. The average molecular weight is 568 g/mol. The molecule has 0 saturated carbocycles. The first-order valence-electron chi connectivity index (χ1n) is 12.7. The summed E-state index contributed by atoms with van der Waals surface area (Å²) in [5.74, 6) is 0.313. The fraction of sp³-hybridized carbons (Fsp3) is 0.125. The van der Waals surface area contributed by atoms with Gasteiger partial charge in [0.2, 0.25) is 0 Å². The van der Waals surface area contributed by atoms with Gasteiger partial charge in [0, 0.05) is 21.8 Å². The molecular formula is C32H26ClN3O5. The molecule has 5 aromatic rings. The molecule has 1 aromatic heterocycles. The molecule has 4 aromatic carbocycles. The molecule has 1 amide bonds. The molecule has 206 valence electrons. The highest BCUT2D eigenvalue weighted by molar-refractivity contribution is 6.31. The maximum absolute atomic E-state index is 12.8. The van der Waals surface area contributed by atoms with Crippen LogP contribution in [0.4, 0.5) is 5.69 Å². The lowest BCUT2D eigenvalue weighted by atomic mass is 10.0. The van der Waals surface area contributed by atoms with Crippen molar-refractivity contribution in [2.75, 3.05) is 26.1 Å². The summed E-state index contributed by atoms with van der Waals surface area (Å²) < 4.78 is 15.9. The highest BCUT2D eigenvalue weighted by atomic mass is 35.5. The number of carbonyl (C=O) groups excluding carboxylic acids is 2. The minimum atomic E-state index is -0.656. The first-order valence-corrected chi connectivity index (χ1v) is 13.1. The summed E-state index contributed by atoms with van der Waals surface area (Å²) in [6, 6.07) is 25.2. The third-order valence-electron chi connectivity index (χ3n) is 6.50. The normalized spacial score (nSPS) is 10.7. The molecular weight excluding hydrogens is 542 g/mol. The Balaban J connectivity index is 1.43. The highest BCUT2D eigenvalue weighted by Gasteiger charge is 2.17. The number of hydrogen-bond acceptors (Lipinski definition) is 7. The fourth-order valence-electron chi connectivity index (χ4n) is 4.23. The Kier molecular flexibility index (Phi) is 8.12. The number of hydrogen-bond donors (Lipinski definition) is 1. The van der Waals surface area contributed by atoms with Crippen molar-refractivity contribution in [3.05, 3.63) is 101 Å². The van der Waals surface area contributed by atoms with Crippen LogP contribution in [-0.2, 0) is 9.53 Å². The maximum atomic E-state index is 12.8. The van der Waals surface area contributed by atoms with Crippen LogP contribution in [0.2, 0.25) is 5.02 Å². The van der Waals surface area contributed by atoms with Crippen LogP contribution in [-0.4, -0.2) is 42.7 Å². The summed E-state index contributed by atoms with van der Waals surface area (Å²) in [4.78, 5) is 35.0. The number of amides is 1. The van der Waals surface area contributed by atoms with Gasteiger partial charge in [-0.3, -0.25) is 4.79 Å². The number of methoxy groups -OCH3 is 2. The van der Waals surface area contributed by atoms with Gasteiger partial charge in [-0.2, -0.15) is 0 Å². The zero-order valence-electron chi connectivity index (χ0n) is 22.6. The van der Waals surface area contributed by atoms with Crippen molar-refractivity contribution in [2.45, 2.75) is 6.92 Å². The van der Waals surface area contributed by atoms with Gasteiger partial charge < -0.3 is 19.5 Å². The molecule has 0 spiro atoms. The second-order valence-electron chi connectivity index (χ2n) is 9.12. The summed E-state index contributed by atoms with van der Waals surface area (Å²) in [6.07, 6.45) is 0. The number of benzene rings is 4. The van der Waals surface area contributed by atoms with E-state index < -0.39 is 18.5 Å². The number of fused-ring (bicyclic) bond motifs is 1. The second-order valence-corrected chi connectivity index (χ2v) is 9.53. The van der Waals surface area contributed by atoms with Crippen LogP contribution < -0.4 is 14.8 Å². The van der Waals surface area contributed by atoms with E-state index in [4.69, 9.17) is 35.8 Å². The number of nitrogens with zero attached hydrogens (tertiary/aromatic N) is 2. The van der Waals surface area contributed by atoms with Crippen LogP contribution in [0.1, 0.15) is 15.9 Å². The molecule has 0 aliphatic carbocycles. The SMILES string of the molecule is COc1ccc(-c2nc3ccc(C(=O)OCC(=O)Nc4cccc(Cl)c4C)cc3nc2-c2ccc(OC)cc2)cc1. The number of carbonyl (C=O) groups is 2. The van der Waals surface area contributed by atoms with Gasteiger partial charge in [-0.15, -0.1) is 0 Å². The fourth-order valence-corrected chi connectivity index (χ4v) is 4.40. The molecule has 0 bridgehead atoms. The van der Waals surface area contributed by atoms with Crippen LogP contribution in [0.25, 0.3) is 33.5 Å². The highest BCUT2D eigenvalue weighted by Crippen LogP contribution is 2.33. The Bertz CT molecular complexity index is 1740. The Morgan fingerprint density at radius 2 is 1.37 bits per heavy atom. The van der Waals surface area contributed by atoms with Gasteiger partial charge in [0.05, 0.1) is 42.2 Å². The summed E-state index contributed by atoms with van der Waals surface area (Å²) in [6.45, 7) is 1.34. The maximum Gasteiger partial charge on any atom is 0.338 e. The van der Waals surface area contributed by atoms with E-state index in [1.54, 1.807) is 57.5 Å². The first-order chi connectivity index (χ1) is 19.9. The minimum Gasteiger partial charge on any atom is -0.497 e. The number of anilines is 1. The van der Waals surface area contributed by atoms with Crippen molar-refractivity contribution >= 4 is 40.2 Å². The lowest BCUT2D eigenvalue weighted by Gasteiger charge is -2.12. The van der Waals surface area contributed by atoms with Gasteiger partial charge in [0.1, 0.15) is 11.5 Å². The summed E-state index contributed by atoms with van der Waals surface area (Å²) in [5, 5.41) is 3.24. The van der Waals surface area contributed by atoms with Crippen LogP contribution >= 0.6 is 11.6 Å². The van der Waals surface area contributed by atoms with Crippen molar-refractivity contribution in [2.24, 2.45) is 0 Å². The first kappa shape index (κ1) is 27.6. The molecule has 0 saturated heterocycles. The lowest BCUT2D eigenvalue weighted by Crippen LogP contribution is -2.21. The van der Waals surface area contributed by atoms with Crippen molar-refractivity contribution in [3.63, 3.8) is 0 Å². The lowest BCUT2D eigenvalue weighted by molar-refractivity contribution is -0.119. The van der Waals surface area contributed by atoms with Crippen molar-refractivity contribution < 1.29 is 23.8 Å². The number of rotatable bonds is 8. The Morgan fingerprint density at radius 3 is 1.95 bits per heavy atom. The predicted molar refractivity (Wildman–Crippen MR) is 159 cm³/mol. The molecule has 0 aliphatic rings. The van der Waals surface area contributed by atoms with Gasteiger partial charge in [-0.1, -0.05) is 17.7 Å². The van der Waals surface area contributed by atoms with Gasteiger partial charge in [-0.25, -0.2) is 14.8 Å². The van der Waals surface area contributed by atoms with E-state index in [9.17, 15) is 9.59 Å². The van der Waals surface area contributed by atoms with Crippen molar-refractivity contribution in [3.8, 4) is 34.0 Å². The summed E-state index contributed by atoms with van der Waals surface area (Å²) in [5.41, 5.74) is 5.61. The van der Waals surface area contributed by atoms with Crippen molar-refractivity contribution in [1.29, 1.82) is 0 Å². The Morgan fingerprint density at radius 1 is 0.780 bits per heavy atom. The third kappa shape index (κ3) is 6.13. The van der Waals surface area contributed by atoms with E-state index in [0.29, 0.717) is 38.9 Å². The van der Waals surface area contributed by atoms with Crippen LogP contribution in [0.15, 0.2) is 84.9 Å². The molecule has 9 heteroatoms. The topological polar surface area (TPSA) is 99.6 Å². The van der Waals surface area contributed by atoms with E-state index in [0.717, 1.165) is 22.4 Å². The number of nitrogens with one attached hydrogen (secondary N) is 1. The number of aromatic nitrogens is 2. The van der Waals surface area contributed by atoms with E-state index in [2.05, 4.69) is 5.32 Å². The van der Waals surface area contributed by atoms with E-state index in [1.165, 1.54) is 0 Å². The summed E-state index contributed by atoms with van der Waals surface area (Å²) in [7, 11) is 3.22. The molecule has 0 fully saturated rings. The van der Waals surface area contributed by atoms with Gasteiger partial charge in [0.25, 0.3) is 5.91 Å². The minimum absolute atomic E-state index is 0.247. The third-order valence-corrected chi connectivity index (χ3v) is 6.91. The predicted octanol–water partition coefficient (Wildman–Crippen LogP) is 6.74. The number of ether oxygens (including phenoxy) is 3. The Hall–Kier alpha value is -4.95. The smallest absolute Gasteiger partial charge is 0.338 e. The van der Waals surface area contributed by atoms with Crippen LogP contribution in [0.5, 0.6) is 11.5 Å². The zero-order valence-corrected chi connectivity index (χ0v) is 23.4. The standard InChI is InChI=1S/C32H26ClN3O5/c1-19-25(33)5-4-6-26(19)34-29(37)18-41-32(38)22-11-16-27-28(17-22)36-31(21-9-14-24(40-3)15-10-21)30(35-27)20-7-12-23(39-2)13-8-20/h4-17H,18H2,1-3H3,(H,34,37). The molecule has 0 unspecified atom stereocenters. The molecule has 5 rings (SSSR count). The summed E-state index contributed by atoms with van der Waals surface area (Å²) >= 11 is 6.11. The molecule has 1 N–H and O–H groups in total. The second kappa shape index (κ2) is 12.1. The Labute approximate surface area is 241 Å². The van der Waals surface area contributed by atoms with Crippen molar-refractivity contribution in [1.82, 2.24) is 9.97 Å². The van der Waals surface area contributed by atoms with Gasteiger partial charge >= 0.3 is 5.97 Å². The molecule has 1 heterocycles. The molecule has 0 atom stereocenters. The van der Waals surface area contributed by atoms with E-state index in [-0.39, 0.29) is 5.56 Å².